The lowest BCUT2D eigenvalue weighted by atomic mass is 10.1. The van der Waals surface area contributed by atoms with Gasteiger partial charge in [0.05, 0.1) is 5.75 Å². The van der Waals surface area contributed by atoms with Gasteiger partial charge in [0.15, 0.2) is 5.16 Å². The third kappa shape index (κ3) is 4.02. The molecule has 5 nitrogen and oxygen atoms in total. The summed E-state index contributed by atoms with van der Waals surface area (Å²) < 4.78 is 0. The molecule has 1 amide bonds. The minimum absolute atomic E-state index is 0.0558. The summed E-state index contributed by atoms with van der Waals surface area (Å²) in [4.78, 5) is 33.4. The molecule has 1 aliphatic rings. The maximum Gasteiger partial charge on any atom is 0.233 e. The van der Waals surface area contributed by atoms with E-state index < -0.39 is 0 Å². The lowest BCUT2D eigenvalue weighted by molar-refractivity contribution is -0.132. The maximum absolute atomic E-state index is 12.0. The van der Waals surface area contributed by atoms with Crippen LogP contribution in [0, 0.1) is 13.8 Å². The van der Waals surface area contributed by atoms with Gasteiger partial charge in [0.2, 0.25) is 5.91 Å². The van der Waals surface area contributed by atoms with Crippen molar-refractivity contribution in [2.24, 2.45) is 0 Å². The van der Waals surface area contributed by atoms with Crippen molar-refractivity contribution in [1.82, 2.24) is 14.9 Å². The average Bonchev–Trinajstić information content (AvgIpc) is 2.36. The molecular weight excluding hydrogens is 262 g/mol. The number of nitrogens with zero attached hydrogens (tertiary/aromatic N) is 3. The van der Waals surface area contributed by atoms with Crippen LogP contribution < -0.4 is 0 Å². The number of hydrogen-bond acceptors (Lipinski definition) is 5. The summed E-state index contributed by atoms with van der Waals surface area (Å²) in [5.41, 5.74) is 1.82. The number of carbonyl (C=O) groups excluding carboxylic acids is 2. The number of amides is 1. The number of Topliss-reactive ketones (excluding diaryl/α,β-unsaturated/α-hetero) is 1. The van der Waals surface area contributed by atoms with Crippen molar-refractivity contribution < 1.29 is 9.59 Å². The number of aromatic nitrogens is 2. The minimum Gasteiger partial charge on any atom is -0.341 e. The molecule has 102 valence electrons. The largest absolute Gasteiger partial charge is 0.341 e. The molecule has 19 heavy (non-hydrogen) atoms. The van der Waals surface area contributed by atoms with Crippen LogP contribution in [0.2, 0.25) is 0 Å². The van der Waals surface area contributed by atoms with Gasteiger partial charge in [-0.05, 0) is 19.9 Å². The topological polar surface area (TPSA) is 63.2 Å². The van der Waals surface area contributed by atoms with Crippen LogP contribution >= 0.6 is 11.8 Å². The van der Waals surface area contributed by atoms with Crippen LogP contribution in [0.15, 0.2) is 11.2 Å². The number of piperidine rings is 1. The van der Waals surface area contributed by atoms with Gasteiger partial charge in [-0.2, -0.15) is 0 Å². The van der Waals surface area contributed by atoms with Crippen molar-refractivity contribution in [2.75, 3.05) is 18.8 Å². The molecule has 1 aromatic rings. The van der Waals surface area contributed by atoms with E-state index in [-0.39, 0.29) is 11.7 Å². The number of aryl methyl sites for hydroxylation is 2. The fourth-order valence-electron chi connectivity index (χ4n) is 1.98. The van der Waals surface area contributed by atoms with Gasteiger partial charge in [0.25, 0.3) is 0 Å². The van der Waals surface area contributed by atoms with Crippen LogP contribution in [0.1, 0.15) is 24.2 Å². The first kappa shape index (κ1) is 14.0. The standard InChI is InChI=1S/C13H17N3O2S/c1-9-7-10(2)15-13(14-9)19-8-12(18)16-5-3-11(17)4-6-16/h7H,3-6,8H2,1-2H3. The van der Waals surface area contributed by atoms with Gasteiger partial charge < -0.3 is 4.90 Å². The first-order chi connectivity index (χ1) is 9.04. The van der Waals surface area contributed by atoms with Gasteiger partial charge in [0.1, 0.15) is 5.78 Å². The molecule has 2 heterocycles. The van der Waals surface area contributed by atoms with Crippen molar-refractivity contribution in [2.45, 2.75) is 31.8 Å². The molecule has 0 aromatic carbocycles. The predicted octanol–water partition coefficient (Wildman–Crippen LogP) is 1.38. The number of likely N-dealkylation sites (tertiary alicyclic amines) is 1. The van der Waals surface area contributed by atoms with E-state index in [4.69, 9.17) is 0 Å². The van der Waals surface area contributed by atoms with Crippen LogP contribution in [0.5, 0.6) is 0 Å². The van der Waals surface area contributed by atoms with Crippen LogP contribution in [0.3, 0.4) is 0 Å². The summed E-state index contributed by atoms with van der Waals surface area (Å²) in [5, 5.41) is 0.638. The summed E-state index contributed by atoms with van der Waals surface area (Å²) in [6.45, 7) is 4.92. The van der Waals surface area contributed by atoms with Gasteiger partial charge in [0, 0.05) is 37.3 Å². The van der Waals surface area contributed by atoms with Crippen molar-refractivity contribution in [3.05, 3.63) is 17.5 Å². The quantitative estimate of drug-likeness (QED) is 0.618. The van der Waals surface area contributed by atoms with E-state index in [1.165, 1.54) is 11.8 Å². The monoisotopic (exact) mass is 279 g/mol. The van der Waals surface area contributed by atoms with E-state index in [9.17, 15) is 9.59 Å². The highest BCUT2D eigenvalue weighted by Gasteiger charge is 2.20. The van der Waals surface area contributed by atoms with Crippen molar-refractivity contribution in [1.29, 1.82) is 0 Å². The third-order valence-electron chi connectivity index (χ3n) is 2.96. The molecule has 0 N–H and O–H groups in total. The second-order valence-electron chi connectivity index (χ2n) is 4.64. The molecule has 0 unspecified atom stereocenters. The van der Waals surface area contributed by atoms with Gasteiger partial charge in [-0.15, -0.1) is 0 Å². The molecule has 6 heteroatoms. The van der Waals surface area contributed by atoms with Crippen molar-refractivity contribution in [3.63, 3.8) is 0 Å². The number of ketones is 1. The fourth-order valence-corrected chi connectivity index (χ4v) is 2.83. The number of hydrogen-bond donors (Lipinski definition) is 0. The second kappa shape index (κ2) is 6.14. The van der Waals surface area contributed by atoms with Crippen LogP contribution in [0.25, 0.3) is 0 Å². The highest BCUT2D eigenvalue weighted by molar-refractivity contribution is 7.99. The zero-order valence-electron chi connectivity index (χ0n) is 11.2. The van der Waals surface area contributed by atoms with E-state index in [2.05, 4.69) is 9.97 Å². The van der Waals surface area contributed by atoms with Crippen molar-refractivity contribution in [3.8, 4) is 0 Å². The molecule has 0 aliphatic carbocycles. The highest BCUT2D eigenvalue weighted by Crippen LogP contribution is 2.16. The Bertz CT molecular complexity index is 474. The second-order valence-corrected chi connectivity index (χ2v) is 5.58. The van der Waals surface area contributed by atoms with Crippen LogP contribution in [0.4, 0.5) is 0 Å². The Kier molecular flexibility index (Phi) is 4.52. The van der Waals surface area contributed by atoms with E-state index in [0.29, 0.717) is 36.8 Å². The first-order valence-electron chi connectivity index (χ1n) is 6.29. The zero-order valence-corrected chi connectivity index (χ0v) is 12.0. The fraction of sp³-hybridized carbons (Fsp3) is 0.538. The Labute approximate surface area is 116 Å². The molecule has 0 saturated carbocycles. The maximum atomic E-state index is 12.0. The number of carbonyl (C=O) groups is 2. The normalized spacial score (nSPS) is 15.7. The van der Waals surface area contributed by atoms with Gasteiger partial charge in [-0.3, -0.25) is 9.59 Å². The Morgan fingerprint density at radius 2 is 1.84 bits per heavy atom. The SMILES string of the molecule is Cc1cc(C)nc(SCC(=O)N2CCC(=O)CC2)n1. The molecule has 1 saturated heterocycles. The first-order valence-corrected chi connectivity index (χ1v) is 7.28. The average molecular weight is 279 g/mol. The summed E-state index contributed by atoms with van der Waals surface area (Å²) in [6.07, 6.45) is 0.965. The van der Waals surface area contributed by atoms with Crippen LogP contribution in [-0.2, 0) is 9.59 Å². The number of rotatable bonds is 3. The van der Waals surface area contributed by atoms with Gasteiger partial charge in [-0.25, -0.2) is 9.97 Å². The number of thioether (sulfide) groups is 1. The molecule has 1 fully saturated rings. The summed E-state index contributed by atoms with van der Waals surface area (Å²) >= 11 is 1.35. The molecule has 0 radical (unpaired) electrons. The minimum atomic E-state index is 0.0558. The Balaban J connectivity index is 1.87. The Morgan fingerprint density at radius 3 is 2.42 bits per heavy atom. The van der Waals surface area contributed by atoms with Gasteiger partial charge in [-0.1, -0.05) is 11.8 Å². The predicted molar refractivity (Wildman–Crippen MR) is 73.1 cm³/mol. The summed E-state index contributed by atoms with van der Waals surface area (Å²) in [6, 6.07) is 1.90. The van der Waals surface area contributed by atoms with Crippen LogP contribution in [-0.4, -0.2) is 45.4 Å². The molecule has 0 bridgehead atoms. The summed E-state index contributed by atoms with van der Waals surface area (Å²) in [5.74, 6) is 0.631. The molecule has 0 spiro atoms. The van der Waals surface area contributed by atoms with Gasteiger partial charge >= 0.3 is 0 Å². The molecule has 1 aliphatic heterocycles. The summed E-state index contributed by atoms with van der Waals surface area (Å²) in [7, 11) is 0. The molecule has 1 aromatic heterocycles. The molecular formula is C13H17N3O2S. The third-order valence-corrected chi connectivity index (χ3v) is 3.79. The molecule has 0 atom stereocenters. The smallest absolute Gasteiger partial charge is 0.233 e. The van der Waals surface area contributed by atoms with E-state index in [1.807, 2.05) is 19.9 Å². The van der Waals surface area contributed by atoms with E-state index in [1.54, 1.807) is 4.90 Å². The lowest BCUT2D eigenvalue weighted by Gasteiger charge is -2.25. The lowest BCUT2D eigenvalue weighted by Crippen LogP contribution is -2.39. The zero-order chi connectivity index (χ0) is 13.8. The van der Waals surface area contributed by atoms with E-state index in [0.717, 1.165) is 11.4 Å². The Morgan fingerprint density at radius 1 is 1.26 bits per heavy atom. The highest BCUT2D eigenvalue weighted by atomic mass is 32.2. The molecule has 2 rings (SSSR count). The Hall–Kier alpha value is -1.43. The van der Waals surface area contributed by atoms with Crippen molar-refractivity contribution >= 4 is 23.5 Å². The van der Waals surface area contributed by atoms with E-state index >= 15 is 0 Å².